The Morgan fingerprint density at radius 3 is 2.41 bits per heavy atom. The second kappa shape index (κ2) is 9.34. The summed E-state index contributed by atoms with van der Waals surface area (Å²) in [5.41, 5.74) is 4.21. The van der Waals surface area contributed by atoms with Crippen LogP contribution in [0.15, 0.2) is 79.1 Å². The van der Waals surface area contributed by atoms with E-state index >= 15 is 0 Å². The molecule has 2 aromatic heterocycles. The lowest BCUT2D eigenvalue weighted by Crippen LogP contribution is -2.23. The van der Waals surface area contributed by atoms with Crippen molar-refractivity contribution >= 4 is 11.9 Å². The number of anilines is 1. The van der Waals surface area contributed by atoms with Crippen LogP contribution in [0.2, 0.25) is 0 Å². The first-order valence-electron chi connectivity index (χ1n) is 10.1. The van der Waals surface area contributed by atoms with Gasteiger partial charge in [-0.3, -0.25) is 9.78 Å². The molecule has 6 nitrogen and oxygen atoms in total. The number of nitrogens with one attached hydrogen (secondary N) is 1. The molecule has 4 rings (SSSR count). The highest BCUT2D eigenvalue weighted by Gasteiger charge is 2.14. The molecule has 0 radical (unpaired) electrons. The lowest BCUT2D eigenvalue weighted by molar-refractivity contribution is 0.0947. The van der Waals surface area contributed by atoms with Gasteiger partial charge in [0.1, 0.15) is 5.82 Å². The number of rotatable bonds is 6. The zero-order valence-electron chi connectivity index (χ0n) is 17.8. The van der Waals surface area contributed by atoms with Crippen LogP contribution in [-0.4, -0.2) is 35.0 Å². The van der Waals surface area contributed by atoms with E-state index in [9.17, 15) is 9.18 Å². The van der Waals surface area contributed by atoms with Gasteiger partial charge >= 0.3 is 0 Å². The molecule has 0 aliphatic rings. The van der Waals surface area contributed by atoms with Gasteiger partial charge in [-0.1, -0.05) is 42.5 Å². The zero-order valence-corrected chi connectivity index (χ0v) is 17.8. The van der Waals surface area contributed by atoms with E-state index in [1.807, 2.05) is 61.5 Å². The minimum absolute atomic E-state index is 0.0290. The first kappa shape index (κ1) is 21.1. The third kappa shape index (κ3) is 4.62. The maximum atomic E-state index is 13.8. The maximum absolute atomic E-state index is 13.8. The van der Waals surface area contributed by atoms with E-state index < -0.39 is 11.7 Å². The van der Waals surface area contributed by atoms with Crippen LogP contribution >= 0.6 is 0 Å². The van der Waals surface area contributed by atoms with Gasteiger partial charge in [-0.25, -0.2) is 14.4 Å². The number of carbonyl (C=O) groups excluding carboxylic acids is 1. The Labute approximate surface area is 185 Å². The zero-order chi connectivity index (χ0) is 22.5. The van der Waals surface area contributed by atoms with E-state index in [-0.39, 0.29) is 12.1 Å². The molecule has 2 heterocycles. The van der Waals surface area contributed by atoms with Crippen molar-refractivity contribution in [3.8, 4) is 22.5 Å². The predicted octanol–water partition coefficient (Wildman–Crippen LogP) is 4.34. The average molecular weight is 427 g/mol. The number of hydrogen-bond donors (Lipinski definition) is 1. The van der Waals surface area contributed by atoms with E-state index in [0.29, 0.717) is 5.95 Å². The summed E-state index contributed by atoms with van der Waals surface area (Å²) >= 11 is 0. The normalized spacial score (nSPS) is 10.6. The van der Waals surface area contributed by atoms with Gasteiger partial charge in [0.2, 0.25) is 5.95 Å². The molecule has 1 N–H and O–H groups in total. The molecule has 32 heavy (non-hydrogen) atoms. The average Bonchev–Trinajstić information content (AvgIpc) is 2.83. The first-order valence-corrected chi connectivity index (χ1v) is 10.1. The van der Waals surface area contributed by atoms with Gasteiger partial charge in [0.25, 0.3) is 5.91 Å². The number of aromatic nitrogens is 3. The van der Waals surface area contributed by atoms with Crippen LogP contribution in [0.3, 0.4) is 0 Å². The van der Waals surface area contributed by atoms with Crippen LogP contribution in [0.25, 0.3) is 22.5 Å². The Hall–Kier alpha value is -4.13. The van der Waals surface area contributed by atoms with Gasteiger partial charge in [-0.15, -0.1) is 0 Å². The van der Waals surface area contributed by atoms with Crippen LogP contribution in [0.1, 0.15) is 15.9 Å². The summed E-state index contributed by atoms with van der Waals surface area (Å²) in [6, 6.07) is 19.3. The summed E-state index contributed by atoms with van der Waals surface area (Å²) in [4.78, 5) is 27.7. The lowest BCUT2D eigenvalue weighted by atomic mass is 10.0. The maximum Gasteiger partial charge on any atom is 0.254 e. The topological polar surface area (TPSA) is 71.0 Å². The Morgan fingerprint density at radius 2 is 1.72 bits per heavy atom. The summed E-state index contributed by atoms with van der Waals surface area (Å²) in [7, 11) is 3.78. The van der Waals surface area contributed by atoms with Crippen molar-refractivity contribution in [3.63, 3.8) is 0 Å². The second-order valence-corrected chi connectivity index (χ2v) is 7.40. The van der Waals surface area contributed by atoms with Crippen molar-refractivity contribution in [1.82, 2.24) is 20.3 Å². The standard InChI is InChI=1S/C25H22FN5O/c1-31(2)25-29-16-20(22-9-5-6-14-27-22)23(30-25)18-12-10-17(11-13-18)15-28-24(32)19-7-3-4-8-21(19)26/h3-14,16H,15H2,1-2H3,(H,28,32). The van der Waals surface area contributed by atoms with Crippen molar-refractivity contribution in [2.24, 2.45) is 0 Å². The summed E-state index contributed by atoms with van der Waals surface area (Å²) in [5, 5.41) is 2.76. The summed E-state index contributed by atoms with van der Waals surface area (Å²) < 4.78 is 13.8. The van der Waals surface area contributed by atoms with Gasteiger partial charge in [0.05, 0.1) is 17.0 Å². The van der Waals surface area contributed by atoms with E-state index in [1.54, 1.807) is 24.5 Å². The van der Waals surface area contributed by atoms with Crippen LogP contribution in [0.4, 0.5) is 10.3 Å². The number of carbonyl (C=O) groups is 1. The van der Waals surface area contributed by atoms with Crippen molar-refractivity contribution < 1.29 is 9.18 Å². The third-order valence-corrected chi connectivity index (χ3v) is 4.92. The Balaban J connectivity index is 1.58. The Morgan fingerprint density at radius 1 is 0.969 bits per heavy atom. The highest BCUT2D eigenvalue weighted by atomic mass is 19.1. The fourth-order valence-corrected chi connectivity index (χ4v) is 3.22. The molecule has 0 spiro atoms. The number of pyridine rings is 1. The molecular formula is C25H22FN5O. The second-order valence-electron chi connectivity index (χ2n) is 7.40. The third-order valence-electron chi connectivity index (χ3n) is 4.92. The van der Waals surface area contributed by atoms with Crippen LogP contribution in [-0.2, 0) is 6.54 Å². The number of hydrogen-bond acceptors (Lipinski definition) is 5. The quantitative estimate of drug-likeness (QED) is 0.496. The predicted molar refractivity (Wildman–Crippen MR) is 123 cm³/mol. The molecule has 0 fully saturated rings. The van der Waals surface area contributed by atoms with Gasteiger partial charge < -0.3 is 10.2 Å². The molecule has 2 aromatic carbocycles. The Kier molecular flexibility index (Phi) is 6.17. The summed E-state index contributed by atoms with van der Waals surface area (Å²) in [6.45, 7) is 0.285. The Bertz CT molecular complexity index is 1230. The van der Waals surface area contributed by atoms with E-state index in [2.05, 4.69) is 15.3 Å². The van der Waals surface area contributed by atoms with Crippen molar-refractivity contribution in [2.45, 2.75) is 6.54 Å². The van der Waals surface area contributed by atoms with Gasteiger partial charge in [0, 0.05) is 44.2 Å². The largest absolute Gasteiger partial charge is 0.348 e. The van der Waals surface area contributed by atoms with Crippen molar-refractivity contribution in [1.29, 1.82) is 0 Å². The summed E-state index contributed by atoms with van der Waals surface area (Å²) in [5.74, 6) is -0.389. The lowest BCUT2D eigenvalue weighted by Gasteiger charge is -2.14. The molecule has 1 amide bonds. The number of benzene rings is 2. The minimum atomic E-state index is -0.539. The van der Waals surface area contributed by atoms with Gasteiger partial charge in [0.15, 0.2) is 0 Å². The van der Waals surface area contributed by atoms with Gasteiger partial charge in [-0.2, -0.15) is 0 Å². The molecule has 0 aliphatic carbocycles. The number of amides is 1. The number of halogens is 1. The first-order chi connectivity index (χ1) is 15.5. The molecule has 0 saturated heterocycles. The molecule has 0 unspecified atom stereocenters. The van der Waals surface area contributed by atoms with Crippen molar-refractivity contribution in [2.75, 3.05) is 19.0 Å². The van der Waals surface area contributed by atoms with E-state index in [1.165, 1.54) is 12.1 Å². The van der Waals surface area contributed by atoms with Crippen molar-refractivity contribution in [3.05, 3.63) is 96.1 Å². The van der Waals surface area contributed by atoms with Crippen LogP contribution in [0.5, 0.6) is 0 Å². The molecule has 0 aliphatic heterocycles. The molecular weight excluding hydrogens is 405 g/mol. The molecule has 0 atom stereocenters. The molecule has 4 aromatic rings. The van der Waals surface area contributed by atoms with E-state index in [0.717, 1.165) is 28.1 Å². The SMILES string of the molecule is CN(C)c1ncc(-c2ccccn2)c(-c2ccc(CNC(=O)c3ccccc3F)cc2)n1. The van der Waals surface area contributed by atoms with Gasteiger partial charge in [-0.05, 0) is 29.8 Å². The van der Waals surface area contributed by atoms with E-state index in [4.69, 9.17) is 4.98 Å². The highest BCUT2D eigenvalue weighted by molar-refractivity contribution is 5.94. The number of nitrogens with zero attached hydrogens (tertiary/aromatic N) is 4. The summed E-state index contributed by atoms with van der Waals surface area (Å²) in [6.07, 6.45) is 3.52. The smallest absolute Gasteiger partial charge is 0.254 e. The van der Waals surface area contributed by atoms with Crippen LogP contribution < -0.4 is 10.2 Å². The molecule has 0 bridgehead atoms. The minimum Gasteiger partial charge on any atom is -0.348 e. The highest BCUT2D eigenvalue weighted by Crippen LogP contribution is 2.30. The monoisotopic (exact) mass is 427 g/mol. The van der Waals surface area contributed by atoms with Crippen LogP contribution in [0, 0.1) is 5.82 Å². The molecule has 7 heteroatoms. The molecule has 0 saturated carbocycles. The fourth-order valence-electron chi connectivity index (χ4n) is 3.22. The molecule has 160 valence electrons. The fraction of sp³-hybridized carbons (Fsp3) is 0.120.